The molecule has 0 radical (unpaired) electrons. The number of hydrogen-bond donors (Lipinski definition) is 0. The van der Waals surface area contributed by atoms with Crippen LogP contribution in [0.3, 0.4) is 0 Å². The van der Waals surface area contributed by atoms with Crippen molar-refractivity contribution >= 4 is 10.9 Å². The second kappa shape index (κ2) is 5.68. The van der Waals surface area contributed by atoms with E-state index in [0.29, 0.717) is 10.9 Å². The third-order valence-corrected chi connectivity index (χ3v) is 3.69. The van der Waals surface area contributed by atoms with Gasteiger partial charge >= 0.3 is 0 Å². The van der Waals surface area contributed by atoms with Gasteiger partial charge in [0, 0.05) is 31.9 Å². The van der Waals surface area contributed by atoms with Crippen LogP contribution in [0.15, 0.2) is 29.6 Å². The molecular weight excluding hydrogens is 256 g/mol. The van der Waals surface area contributed by atoms with E-state index in [2.05, 4.69) is 14.9 Å². The smallest absolute Gasteiger partial charge is 0.261 e. The van der Waals surface area contributed by atoms with Crippen LogP contribution in [0.25, 0.3) is 10.9 Å². The second-order valence-corrected chi connectivity index (χ2v) is 5.11. The third-order valence-electron chi connectivity index (χ3n) is 3.69. The Morgan fingerprint density at radius 1 is 1.40 bits per heavy atom. The molecule has 0 aliphatic carbocycles. The van der Waals surface area contributed by atoms with Crippen LogP contribution in [-0.2, 0) is 4.74 Å². The lowest BCUT2D eigenvalue weighted by atomic mass is 10.2. The summed E-state index contributed by atoms with van der Waals surface area (Å²) in [4.78, 5) is 23.1. The quantitative estimate of drug-likeness (QED) is 0.824. The van der Waals surface area contributed by atoms with Crippen molar-refractivity contribution in [3.05, 3.63) is 35.1 Å². The largest absolute Gasteiger partial charge is 0.379 e. The summed E-state index contributed by atoms with van der Waals surface area (Å²) >= 11 is 0. The Hall–Kier alpha value is -1.79. The Morgan fingerprint density at radius 2 is 2.20 bits per heavy atom. The summed E-state index contributed by atoms with van der Waals surface area (Å²) in [5, 5.41) is 0.622. The standard InChI is InChI=1S/C14H18N4O2/c1-11(9-17-4-6-20-7-5-17)18-10-16-13-8-15-3-2-12(13)14(18)19/h2-3,8,10-11H,4-7,9H2,1H3/t11-/m0/s1. The highest BCUT2D eigenvalue weighted by molar-refractivity contribution is 5.75. The van der Waals surface area contributed by atoms with Crippen LogP contribution in [0.4, 0.5) is 0 Å². The Morgan fingerprint density at radius 3 is 3.00 bits per heavy atom. The fourth-order valence-corrected chi connectivity index (χ4v) is 2.55. The zero-order valence-corrected chi connectivity index (χ0v) is 11.5. The molecule has 0 spiro atoms. The summed E-state index contributed by atoms with van der Waals surface area (Å²) in [6.45, 7) is 6.26. The van der Waals surface area contributed by atoms with E-state index in [9.17, 15) is 4.79 Å². The number of ether oxygens (including phenoxy) is 1. The lowest BCUT2D eigenvalue weighted by Crippen LogP contribution is -2.40. The Balaban J connectivity index is 1.85. The normalized spacial score (nSPS) is 18.2. The summed E-state index contributed by atoms with van der Waals surface area (Å²) in [5.74, 6) is 0. The molecular formula is C14H18N4O2. The molecule has 0 N–H and O–H groups in total. The zero-order valence-electron chi connectivity index (χ0n) is 11.5. The highest BCUT2D eigenvalue weighted by Gasteiger charge is 2.16. The fourth-order valence-electron chi connectivity index (χ4n) is 2.55. The summed E-state index contributed by atoms with van der Waals surface area (Å²) in [5.41, 5.74) is 0.644. The van der Waals surface area contributed by atoms with Crippen molar-refractivity contribution in [3.8, 4) is 0 Å². The molecule has 2 aromatic heterocycles. The van der Waals surface area contributed by atoms with E-state index in [0.717, 1.165) is 32.8 Å². The SMILES string of the molecule is C[C@@H](CN1CCOCC1)n1cnc2cnccc2c1=O. The predicted octanol–water partition coefficient (Wildman–Crippen LogP) is 0.685. The van der Waals surface area contributed by atoms with Crippen molar-refractivity contribution in [1.29, 1.82) is 0 Å². The molecule has 0 unspecified atom stereocenters. The maximum atomic E-state index is 12.5. The van der Waals surface area contributed by atoms with Crippen molar-refractivity contribution in [3.63, 3.8) is 0 Å². The molecule has 106 valence electrons. The maximum Gasteiger partial charge on any atom is 0.261 e. The molecule has 6 heteroatoms. The highest BCUT2D eigenvalue weighted by Crippen LogP contribution is 2.09. The van der Waals surface area contributed by atoms with Gasteiger partial charge in [-0.1, -0.05) is 0 Å². The summed E-state index contributed by atoms with van der Waals surface area (Å²) in [6.07, 6.45) is 4.87. The van der Waals surface area contributed by atoms with Crippen LogP contribution in [-0.4, -0.2) is 52.3 Å². The van der Waals surface area contributed by atoms with Gasteiger partial charge in [-0.3, -0.25) is 19.2 Å². The van der Waals surface area contributed by atoms with Crippen LogP contribution in [0.2, 0.25) is 0 Å². The number of rotatable bonds is 3. The first kappa shape index (κ1) is 13.2. The molecule has 3 heterocycles. The van der Waals surface area contributed by atoms with Gasteiger partial charge in [-0.05, 0) is 13.0 Å². The maximum absolute atomic E-state index is 12.5. The second-order valence-electron chi connectivity index (χ2n) is 5.11. The van der Waals surface area contributed by atoms with E-state index in [-0.39, 0.29) is 11.6 Å². The van der Waals surface area contributed by atoms with Gasteiger partial charge in [0.25, 0.3) is 5.56 Å². The lowest BCUT2D eigenvalue weighted by molar-refractivity contribution is 0.0323. The van der Waals surface area contributed by atoms with Gasteiger partial charge in [0.1, 0.15) is 0 Å². The molecule has 1 aliphatic heterocycles. The van der Waals surface area contributed by atoms with Gasteiger partial charge < -0.3 is 4.74 Å². The number of pyridine rings is 1. The van der Waals surface area contributed by atoms with Gasteiger partial charge in [-0.25, -0.2) is 4.98 Å². The number of fused-ring (bicyclic) bond motifs is 1. The third kappa shape index (κ3) is 2.57. The molecule has 2 aromatic rings. The van der Waals surface area contributed by atoms with Crippen LogP contribution in [0.5, 0.6) is 0 Å². The predicted molar refractivity (Wildman–Crippen MR) is 75.8 cm³/mol. The van der Waals surface area contributed by atoms with E-state index in [1.165, 1.54) is 0 Å². The number of aromatic nitrogens is 3. The number of nitrogens with zero attached hydrogens (tertiary/aromatic N) is 4. The van der Waals surface area contributed by atoms with Crippen molar-refractivity contribution in [2.45, 2.75) is 13.0 Å². The fraction of sp³-hybridized carbons (Fsp3) is 0.500. The minimum Gasteiger partial charge on any atom is -0.379 e. The number of morpholine rings is 1. The summed E-state index contributed by atoms with van der Waals surface area (Å²) < 4.78 is 7.05. The van der Waals surface area contributed by atoms with E-state index in [1.807, 2.05) is 6.92 Å². The first-order chi connectivity index (χ1) is 9.75. The topological polar surface area (TPSA) is 60.2 Å². The van der Waals surface area contributed by atoms with Crippen molar-refractivity contribution in [1.82, 2.24) is 19.4 Å². The molecule has 0 saturated carbocycles. The molecule has 0 bridgehead atoms. The molecule has 0 amide bonds. The average molecular weight is 274 g/mol. The van der Waals surface area contributed by atoms with E-state index in [4.69, 9.17) is 4.74 Å². The van der Waals surface area contributed by atoms with Gasteiger partial charge in [-0.15, -0.1) is 0 Å². The Kier molecular flexibility index (Phi) is 3.75. The highest BCUT2D eigenvalue weighted by atomic mass is 16.5. The van der Waals surface area contributed by atoms with Crippen LogP contribution >= 0.6 is 0 Å². The summed E-state index contributed by atoms with van der Waals surface area (Å²) in [7, 11) is 0. The zero-order chi connectivity index (χ0) is 13.9. The van der Waals surface area contributed by atoms with E-state index < -0.39 is 0 Å². The first-order valence-electron chi connectivity index (χ1n) is 6.86. The average Bonchev–Trinajstić information content (AvgIpc) is 2.49. The Labute approximate surface area is 117 Å². The van der Waals surface area contributed by atoms with Crippen molar-refractivity contribution in [2.75, 3.05) is 32.8 Å². The van der Waals surface area contributed by atoms with Gasteiger partial charge in [0.15, 0.2) is 0 Å². The van der Waals surface area contributed by atoms with Crippen molar-refractivity contribution in [2.24, 2.45) is 0 Å². The summed E-state index contributed by atoms with van der Waals surface area (Å²) in [6, 6.07) is 1.81. The van der Waals surface area contributed by atoms with E-state index >= 15 is 0 Å². The first-order valence-corrected chi connectivity index (χ1v) is 6.86. The van der Waals surface area contributed by atoms with E-state index in [1.54, 1.807) is 29.4 Å². The molecule has 1 aliphatic rings. The minimum absolute atomic E-state index is 0.00170. The van der Waals surface area contributed by atoms with Crippen LogP contribution < -0.4 is 5.56 Å². The molecule has 20 heavy (non-hydrogen) atoms. The number of hydrogen-bond acceptors (Lipinski definition) is 5. The molecule has 1 saturated heterocycles. The van der Waals surface area contributed by atoms with Gasteiger partial charge in [0.2, 0.25) is 0 Å². The van der Waals surface area contributed by atoms with Gasteiger partial charge in [-0.2, -0.15) is 0 Å². The lowest BCUT2D eigenvalue weighted by Gasteiger charge is -2.29. The van der Waals surface area contributed by atoms with Crippen LogP contribution in [0, 0.1) is 0 Å². The van der Waals surface area contributed by atoms with Crippen LogP contribution in [0.1, 0.15) is 13.0 Å². The molecule has 1 atom stereocenters. The molecule has 3 rings (SSSR count). The minimum atomic E-state index is -0.00170. The molecule has 1 fully saturated rings. The molecule has 0 aromatic carbocycles. The van der Waals surface area contributed by atoms with Crippen molar-refractivity contribution < 1.29 is 4.74 Å². The Bertz CT molecular complexity index is 649. The monoisotopic (exact) mass is 274 g/mol. The van der Waals surface area contributed by atoms with Gasteiger partial charge in [0.05, 0.1) is 36.6 Å². The molecule has 6 nitrogen and oxygen atoms in total.